The van der Waals surface area contributed by atoms with Crippen LogP contribution in [0, 0.1) is 18.3 Å². The lowest BCUT2D eigenvalue weighted by Gasteiger charge is -2.27. The van der Waals surface area contributed by atoms with Gasteiger partial charge in [0.2, 0.25) is 5.91 Å². The predicted octanol–water partition coefficient (Wildman–Crippen LogP) is 2.29. The van der Waals surface area contributed by atoms with Crippen LogP contribution in [-0.2, 0) is 4.79 Å². The van der Waals surface area contributed by atoms with E-state index in [1.54, 1.807) is 12.1 Å². The zero-order valence-electron chi connectivity index (χ0n) is 11.3. The molecule has 4 heteroatoms. The maximum absolute atomic E-state index is 12.0. The summed E-state index contributed by atoms with van der Waals surface area (Å²) in [5.74, 6) is 0.140. The van der Waals surface area contributed by atoms with E-state index >= 15 is 0 Å². The van der Waals surface area contributed by atoms with Crippen molar-refractivity contribution in [2.75, 3.05) is 25.0 Å². The van der Waals surface area contributed by atoms with Crippen molar-refractivity contribution in [3.05, 3.63) is 29.3 Å². The number of carbonyl (C=O) groups excluding carboxylic acids is 1. The third-order valence-electron chi connectivity index (χ3n) is 3.51. The van der Waals surface area contributed by atoms with E-state index in [2.05, 4.69) is 11.4 Å². The largest absolute Gasteiger partial charge is 0.376 e. The standard InChI is InChI=1S/C15H19N3O/c1-12-5-6-13(10-16)9-14(12)17-11-15(19)18-7-3-2-4-8-18/h5-6,9,17H,2-4,7-8,11H2,1H3. The normalized spacial score (nSPS) is 14.8. The summed E-state index contributed by atoms with van der Waals surface area (Å²) in [5, 5.41) is 12.0. The number of carbonyl (C=O) groups is 1. The zero-order chi connectivity index (χ0) is 13.7. The highest BCUT2D eigenvalue weighted by molar-refractivity contribution is 5.81. The molecule has 2 rings (SSSR count). The molecular weight excluding hydrogens is 238 g/mol. The summed E-state index contributed by atoms with van der Waals surface area (Å²) in [6, 6.07) is 7.58. The Kier molecular flexibility index (Phi) is 4.40. The van der Waals surface area contributed by atoms with Gasteiger partial charge in [0.15, 0.2) is 0 Å². The van der Waals surface area contributed by atoms with Gasteiger partial charge in [0.1, 0.15) is 0 Å². The Morgan fingerprint density at radius 2 is 2.11 bits per heavy atom. The van der Waals surface area contributed by atoms with Gasteiger partial charge in [-0.3, -0.25) is 4.79 Å². The number of piperidine rings is 1. The van der Waals surface area contributed by atoms with E-state index < -0.39 is 0 Å². The summed E-state index contributed by atoms with van der Waals surface area (Å²) in [7, 11) is 0. The Morgan fingerprint density at radius 1 is 1.37 bits per heavy atom. The maximum Gasteiger partial charge on any atom is 0.241 e. The fourth-order valence-corrected chi connectivity index (χ4v) is 2.31. The van der Waals surface area contributed by atoms with Gasteiger partial charge in [0.25, 0.3) is 0 Å². The number of benzene rings is 1. The highest BCUT2D eigenvalue weighted by Gasteiger charge is 2.16. The van der Waals surface area contributed by atoms with Crippen LogP contribution in [0.25, 0.3) is 0 Å². The minimum absolute atomic E-state index is 0.140. The molecule has 1 aliphatic heterocycles. The molecule has 1 N–H and O–H groups in total. The van der Waals surface area contributed by atoms with E-state index in [4.69, 9.17) is 5.26 Å². The van der Waals surface area contributed by atoms with Crippen LogP contribution in [0.3, 0.4) is 0 Å². The maximum atomic E-state index is 12.0. The Hall–Kier alpha value is -2.02. The van der Waals surface area contributed by atoms with Gasteiger partial charge in [0.05, 0.1) is 18.2 Å². The molecule has 0 aromatic heterocycles. The Bertz CT molecular complexity index is 499. The number of nitrogens with one attached hydrogen (secondary N) is 1. The summed E-state index contributed by atoms with van der Waals surface area (Å²) >= 11 is 0. The highest BCUT2D eigenvalue weighted by Crippen LogP contribution is 2.16. The molecule has 1 aromatic rings. The van der Waals surface area contributed by atoms with E-state index in [-0.39, 0.29) is 5.91 Å². The average Bonchev–Trinajstić information content (AvgIpc) is 2.47. The topological polar surface area (TPSA) is 56.1 Å². The lowest BCUT2D eigenvalue weighted by Crippen LogP contribution is -2.39. The number of hydrogen-bond donors (Lipinski definition) is 1. The lowest BCUT2D eigenvalue weighted by atomic mass is 10.1. The van der Waals surface area contributed by atoms with Gasteiger partial charge in [-0.1, -0.05) is 6.07 Å². The van der Waals surface area contributed by atoms with Gasteiger partial charge in [-0.05, 0) is 43.9 Å². The summed E-state index contributed by atoms with van der Waals surface area (Å²) in [4.78, 5) is 14.0. The van der Waals surface area contributed by atoms with Crippen LogP contribution in [0.5, 0.6) is 0 Å². The molecule has 0 unspecified atom stereocenters. The molecule has 0 radical (unpaired) electrons. The third-order valence-corrected chi connectivity index (χ3v) is 3.51. The summed E-state index contributed by atoms with van der Waals surface area (Å²) in [5.41, 5.74) is 2.52. The first-order chi connectivity index (χ1) is 9.20. The van der Waals surface area contributed by atoms with Crippen molar-refractivity contribution in [3.8, 4) is 6.07 Å². The van der Waals surface area contributed by atoms with Gasteiger partial charge in [-0.25, -0.2) is 0 Å². The van der Waals surface area contributed by atoms with Crippen molar-refractivity contribution in [2.45, 2.75) is 26.2 Å². The predicted molar refractivity (Wildman–Crippen MR) is 74.8 cm³/mol. The van der Waals surface area contributed by atoms with Crippen molar-refractivity contribution < 1.29 is 4.79 Å². The minimum atomic E-state index is 0.140. The van der Waals surface area contributed by atoms with E-state index in [0.717, 1.165) is 37.2 Å². The van der Waals surface area contributed by atoms with Crippen LogP contribution in [0.1, 0.15) is 30.4 Å². The van der Waals surface area contributed by atoms with Crippen LogP contribution in [0.2, 0.25) is 0 Å². The van der Waals surface area contributed by atoms with Gasteiger partial charge < -0.3 is 10.2 Å². The molecule has 1 fully saturated rings. The number of nitriles is 1. The zero-order valence-corrected chi connectivity index (χ0v) is 11.3. The molecule has 19 heavy (non-hydrogen) atoms. The molecular formula is C15H19N3O. The van der Waals surface area contributed by atoms with Crippen molar-refractivity contribution in [3.63, 3.8) is 0 Å². The van der Waals surface area contributed by atoms with E-state index in [9.17, 15) is 4.79 Å². The molecule has 0 aliphatic carbocycles. The number of hydrogen-bond acceptors (Lipinski definition) is 3. The van der Waals surface area contributed by atoms with Gasteiger partial charge in [-0.2, -0.15) is 5.26 Å². The molecule has 1 saturated heterocycles. The molecule has 0 saturated carbocycles. The van der Waals surface area contributed by atoms with Crippen molar-refractivity contribution in [1.82, 2.24) is 4.90 Å². The molecule has 1 aliphatic rings. The molecule has 100 valence electrons. The molecule has 4 nitrogen and oxygen atoms in total. The second kappa shape index (κ2) is 6.24. The number of nitrogens with zero attached hydrogens (tertiary/aromatic N) is 2. The average molecular weight is 257 g/mol. The van der Waals surface area contributed by atoms with Gasteiger partial charge in [0, 0.05) is 18.8 Å². The molecule has 1 aromatic carbocycles. The summed E-state index contributed by atoms with van der Waals surface area (Å²) in [6.45, 7) is 4.01. The van der Waals surface area contributed by atoms with Gasteiger partial charge >= 0.3 is 0 Å². The fraction of sp³-hybridized carbons (Fsp3) is 0.467. The number of amides is 1. The monoisotopic (exact) mass is 257 g/mol. The quantitative estimate of drug-likeness (QED) is 0.904. The van der Waals surface area contributed by atoms with Crippen LogP contribution in [0.15, 0.2) is 18.2 Å². The van der Waals surface area contributed by atoms with Crippen LogP contribution in [0.4, 0.5) is 5.69 Å². The summed E-state index contributed by atoms with van der Waals surface area (Å²) < 4.78 is 0. The van der Waals surface area contributed by atoms with Crippen molar-refractivity contribution in [1.29, 1.82) is 5.26 Å². The first-order valence-corrected chi connectivity index (χ1v) is 6.73. The Balaban J connectivity index is 1.94. The number of likely N-dealkylation sites (tertiary alicyclic amines) is 1. The SMILES string of the molecule is Cc1ccc(C#N)cc1NCC(=O)N1CCCCC1. The van der Waals surface area contributed by atoms with E-state index in [1.807, 2.05) is 17.9 Å². The van der Waals surface area contributed by atoms with Gasteiger partial charge in [-0.15, -0.1) is 0 Å². The third kappa shape index (κ3) is 3.47. The smallest absolute Gasteiger partial charge is 0.241 e. The molecule has 0 bridgehead atoms. The van der Waals surface area contributed by atoms with Crippen LogP contribution >= 0.6 is 0 Å². The Labute approximate surface area is 114 Å². The van der Waals surface area contributed by atoms with E-state index in [1.165, 1.54) is 6.42 Å². The molecule has 1 amide bonds. The summed E-state index contributed by atoms with van der Waals surface area (Å²) in [6.07, 6.45) is 3.43. The first-order valence-electron chi connectivity index (χ1n) is 6.73. The second-order valence-electron chi connectivity index (χ2n) is 4.94. The fourth-order valence-electron chi connectivity index (χ4n) is 2.31. The van der Waals surface area contributed by atoms with E-state index in [0.29, 0.717) is 12.1 Å². The minimum Gasteiger partial charge on any atom is -0.376 e. The first kappa shape index (κ1) is 13.4. The Morgan fingerprint density at radius 3 is 2.79 bits per heavy atom. The van der Waals surface area contributed by atoms with Crippen molar-refractivity contribution >= 4 is 11.6 Å². The molecule has 1 heterocycles. The number of aryl methyl sites for hydroxylation is 1. The van der Waals surface area contributed by atoms with Crippen LogP contribution in [-0.4, -0.2) is 30.4 Å². The number of anilines is 1. The highest BCUT2D eigenvalue weighted by atomic mass is 16.2. The van der Waals surface area contributed by atoms with Crippen molar-refractivity contribution in [2.24, 2.45) is 0 Å². The second-order valence-corrected chi connectivity index (χ2v) is 4.94. The lowest BCUT2D eigenvalue weighted by molar-refractivity contribution is -0.130. The molecule has 0 atom stereocenters. The van der Waals surface area contributed by atoms with Crippen LogP contribution < -0.4 is 5.32 Å². The molecule has 0 spiro atoms. The number of rotatable bonds is 3.